The third-order valence-corrected chi connectivity index (χ3v) is 1.57. The first kappa shape index (κ1) is 8.88. The van der Waals surface area contributed by atoms with Crippen LogP contribution in [0, 0.1) is 0 Å². The lowest BCUT2D eigenvalue weighted by atomic mass is 10.3. The number of aliphatic hydroxyl groups excluding tert-OH is 1. The van der Waals surface area contributed by atoms with Crippen molar-refractivity contribution in [1.29, 1.82) is 0 Å². The van der Waals surface area contributed by atoms with Gasteiger partial charge in [-0.2, -0.15) is 0 Å². The molecule has 0 radical (unpaired) electrons. The summed E-state index contributed by atoms with van der Waals surface area (Å²) >= 11 is 0. The zero-order valence-electron chi connectivity index (χ0n) is 6.55. The van der Waals surface area contributed by atoms with E-state index in [2.05, 4.69) is 5.32 Å². The van der Waals surface area contributed by atoms with E-state index in [-0.39, 0.29) is 6.04 Å². The highest BCUT2D eigenvalue weighted by molar-refractivity contribution is 4.65. The Bertz CT molecular complexity index is 75.5. The van der Waals surface area contributed by atoms with Crippen LogP contribution >= 0.6 is 0 Å². The Morgan fingerprint density at radius 1 is 1.44 bits per heavy atom. The van der Waals surface area contributed by atoms with Crippen molar-refractivity contribution in [1.82, 2.24) is 10.2 Å². The van der Waals surface area contributed by atoms with Crippen molar-refractivity contribution in [3.8, 4) is 0 Å². The van der Waals surface area contributed by atoms with Crippen LogP contribution < -0.4 is 5.32 Å². The van der Waals surface area contributed by atoms with Gasteiger partial charge in [-0.15, -0.1) is 0 Å². The van der Waals surface area contributed by atoms with Gasteiger partial charge in [-0.05, 0) is 28.1 Å². The average Bonchev–Trinajstić information content (AvgIpc) is 1.84. The highest BCUT2D eigenvalue weighted by Crippen LogP contribution is 1.94. The highest BCUT2D eigenvalue weighted by Gasteiger charge is 2.12. The summed E-state index contributed by atoms with van der Waals surface area (Å²) in [6, 6.07) is 0.162. The summed E-state index contributed by atoms with van der Waals surface area (Å²) in [7, 11) is 5.61. The van der Waals surface area contributed by atoms with Crippen molar-refractivity contribution in [2.75, 3.05) is 21.1 Å². The highest BCUT2D eigenvalue weighted by atomic mass is 16.3. The van der Waals surface area contributed by atoms with Gasteiger partial charge in [0.1, 0.15) is 6.23 Å². The van der Waals surface area contributed by atoms with Gasteiger partial charge in [0.2, 0.25) is 0 Å². The molecule has 56 valence electrons. The second-order valence-corrected chi connectivity index (χ2v) is 2.44. The van der Waals surface area contributed by atoms with Gasteiger partial charge in [-0.1, -0.05) is 0 Å². The van der Waals surface area contributed by atoms with E-state index in [0.717, 1.165) is 0 Å². The quantitative estimate of drug-likeness (QED) is 0.507. The molecule has 9 heavy (non-hydrogen) atoms. The van der Waals surface area contributed by atoms with E-state index in [1.54, 1.807) is 7.05 Å². The topological polar surface area (TPSA) is 35.5 Å². The Morgan fingerprint density at radius 3 is 2.00 bits per heavy atom. The van der Waals surface area contributed by atoms with Gasteiger partial charge in [0, 0.05) is 6.04 Å². The fraction of sp³-hybridized carbons (Fsp3) is 1.00. The van der Waals surface area contributed by atoms with E-state index in [1.807, 2.05) is 25.9 Å². The minimum atomic E-state index is -0.431. The molecule has 3 heteroatoms. The van der Waals surface area contributed by atoms with Gasteiger partial charge in [0.25, 0.3) is 0 Å². The van der Waals surface area contributed by atoms with Crippen LogP contribution in [0.2, 0.25) is 0 Å². The van der Waals surface area contributed by atoms with Crippen molar-refractivity contribution in [3.63, 3.8) is 0 Å². The van der Waals surface area contributed by atoms with E-state index in [9.17, 15) is 0 Å². The molecular weight excluding hydrogens is 116 g/mol. The molecule has 0 saturated carbocycles. The minimum absolute atomic E-state index is 0.162. The predicted octanol–water partition coefficient (Wildman–Crippen LogP) is -0.526. The average molecular weight is 132 g/mol. The normalized spacial score (nSPS) is 18.0. The number of hydrogen-bond donors (Lipinski definition) is 2. The molecule has 2 atom stereocenters. The lowest BCUT2D eigenvalue weighted by Gasteiger charge is -2.24. The monoisotopic (exact) mass is 132 g/mol. The zero-order valence-corrected chi connectivity index (χ0v) is 6.55. The molecule has 0 spiro atoms. The van der Waals surface area contributed by atoms with Crippen molar-refractivity contribution in [2.24, 2.45) is 0 Å². The minimum Gasteiger partial charge on any atom is -0.377 e. The Morgan fingerprint density at radius 2 is 1.89 bits per heavy atom. The summed E-state index contributed by atoms with van der Waals surface area (Å²) in [5.41, 5.74) is 0. The van der Waals surface area contributed by atoms with Gasteiger partial charge < -0.3 is 10.0 Å². The molecule has 0 aliphatic carbocycles. The number of hydrogen-bond acceptors (Lipinski definition) is 3. The number of likely N-dealkylation sites (N-methyl/N-ethyl adjacent to an activating group) is 2. The van der Waals surface area contributed by atoms with Crippen molar-refractivity contribution in [3.05, 3.63) is 0 Å². The Hall–Kier alpha value is -0.120. The molecule has 1 unspecified atom stereocenters. The van der Waals surface area contributed by atoms with Crippen LogP contribution in [0.4, 0.5) is 0 Å². The molecule has 0 bridgehead atoms. The molecule has 0 aromatic heterocycles. The van der Waals surface area contributed by atoms with E-state index in [1.165, 1.54) is 0 Å². The second kappa shape index (κ2) is 3.82. The largest absolute Gasteiger partial charge is 0.377 e. The Labute approximate surface area is 56.7 Å². The fourth-order valence-electron chi connectivity index (χ4n) is 0.524. The molecule has 0 saturated heterocycles. The molecule has 0 rings (SSSR count). The summed E-state index contributed by atoms with van der Waals surface area (Å²) in [6.45, 7) is 1.96. The van der Waals surface area contributed by atoms with Crippen LogP contribution in [0.15, 0.2) is 0 Å². The first-order chi connectivity index (χ1) is 4.09. The number of nitrogens with zero attached hydrogens (tertiary/aromatic N) is 1. The first-order valence-electron chi connectivity index (χ1n) is 3.11. The third-order valence-electron chi connectivity index (χ3n) is 1.57. The van der Waals surface area contributed by atoms with Gasteiger partial charge in [0.05, 0.1) is 0 Å². The predicted molar refractivity (Wildman–Crippen MR) is 38.2 cm³/mol. The molecule has 2 N–H and O–H groups in total. The molecule has 0 aliphatic rings. The molecule has 0 fully saturated rings. The van der Waals surface area contributed by atoms with Crippen LogP contribution in [0.25, 0.3) is 0 Å². The van der Waals surface area contributed by atoms with E-state index in [0.29, 0.717) is 0 Å². The number of aliphatic hydroxyl groups is 1. The van der Waals surface area contributed by atoms with Gasteiger partial charge in [-0.3, -0.25) is 5.32 Å². The lowest BCUT2D eigenvalue weighted by molar-refractivity contribution is 0.0646. The van der Waals surface area contributed by atoms with Crippen LogP contribution in [0.1, 0.15) is 6.92 Å². The van der Waals surface area contributed by atoms with E-state index < -0.39 is 6.23 Å². The van der Waals surface area contributed by atoms with Crippen molar-refractivity contribution in [2.45, 2.75) is 19.2 Å². The maximum absolute atomic E-state index is 9.14. The van der Waals surface area contributed by atoms with Crippen LogP contribution in [-0.4, -0.2) is 43.4 Å². The SMILES string of the molecule is CNC(O)[C@H](C)N(C)C. The smallest absolute Gasteiger partial charge is 0.120 e. The Kier molecular flexibility index (Phi) is 3.77. The lowest BCUT2D eigenvalue weighted by Crippen LogP contribution is -2.43. The zero-order chi connectivity index (χ0) is 7.44. The van der Waals surface area contributed by atoms with Gasteiger partial charge >= 0.3 is 0 Å². The fourth-order valence-corrected chi connectivity index (χ4v) is 0.524. The number of nitrogens with one attached hydrogen (secondary N) is 1. The van der Waals surface area contributed by atoms with E-state index in [4.69, 9.17) is 5.11 Å². The molecule has 0 aromatic carbocycles. The van der Waals surface area contributed by atoms with Crippen molar-refractivity contribution >= 4 is 0 Å². The summed E-state index contributed by atoms with van der Waals surface area (Å²) < 4.78 is 0. The summed E-state index contributed by atoms with van der Waals surface area (Å²) in [6.07, 6.45) is -0.431. The van der Waals surface area contributed by atoms with Crippen LogP contribution in [0.5, 0.6) is 0 Å². The maximum Gasteiger partial charge on any atom is 0.120 e. The number of rotatable bonds is 3. The van der Waals surface area contributed by atoms with Crippen LogP contribution in [-0.2, 0) is 0 Å². The standard InChI is InChI=1S/C6H16N2O/c1-5(8(3)4)6(9)7-2/h5-7,9H,1-4H3/t5-,6?/m0/s1. The Balaban J connectivity index is 3.58. The van der Waals surface area contributed by atoms with Gasteiger partial charge in [0.15, 0.2) is 0 Å². The van der Waals surface area contributed by atoms with Crippen molar-refractivity contribution < 1.29 is 5.11 Å². The van der Waals surface area contributed by atoms with Gasteiger partial charge in [-0.25, -0.2) is 0 Å². The first-order valence-corrected chi connectivity index (χ1v) is 3.11. The summed E-state index contributed by atoms with van der Waals surface area (Å²) in [4.78, 5) is 1.96. The molecule has 0 aromatic rings. The molecular formula is C6H16N2O. The molecule has 0 heterocycles. The molecule has 0 aliphatic heterocycles. The van der Waals surface area contributed by atoms with Crippen LogP contribution in [0.3, 0.4) is 0 Å². The molecule has 3 nitrogen and oxygen atoms in total. The van der Waals surface area contributed by atoms with E-state index >= 15 is 0 Å². The molecule has 0 amide bonds. The second-order valence-electron chi connectivity index (χ2n) is 2.44. The summed E-state index contributed by atoms with van der Waals surface area (Å²) in [5.74, 6) is 0. The maximum atomic E-state index is 9.14. The third kappa shape index (κ3) is 2.79. The summed E-state index contributed by atoms with van der Waals surface area (Å²) in [5, 5.41) is 11.9.